The zero-order valence-electron chi connectivity index (χ0n) is 12.7. The average Bonchev–Trinajstić information content (AvgIpc) is 2.37. The molecule has 7 heteroatoms. The zero-order chi connectivity index (χ0) is 15.1. The van der Waals surface area contributed by atoms with Crippen molar-refractivity contribution in [1.82, 2.24) is 19.6 Å². The summed E-state index contributed by atoms with van der Waals surface area (Å²) in [6.45, 7) is 4.22. The molecule has 1 N–H and O–H groups in total. The number of hydrogen-bond acceptors (Lipinski definition) is 4. The van der Waals surface area contributed by atoms with Gasteiger partial charge >= 0.3 is 12.0 Å². The number of carbonyl (C=O) groups is 2. The maximum Gasteiger partial charge on any atom is 0.319 e. The van der Waals surface area contributed by atoms with Crippen molar-refractivity contribution >= 4 is 12.0 Å². The van der Waals surface area contributed by atoms with Crippen molar-refractivity contribution in [2.24, 2.45) is 0 Å². The highest BCUT2D eigenvalue weighted by molar-refractivity contribution is 5.74. The van der Waals surface area contributed by atoms with Gasteiger partial charge in [0.25, 0.3) is 0 Å². The number of urea groups is 1. The van der Waals surface area contributed by atoms with Gasteiger partial charge in [-0.25, -0.2) is 4.79 Å². The fraction of sp³-hybridized carbons (Fsp3) is 0.846. The number of carboxylic acids is 1. The van der Waals surface area contributed by atoms with Crippen molar-refractivity contribution in [2.45, 2.75) is 6.42 Å². The number of rotatable bonds is 6. The molecule has 7 nitrogen and oxygen atoms in total. The lowest BCUT2D eigenvalue weighted by Crippen LogP contribution is -2.53. The van der Waals surface area contributed by atoms with Crippen molar-refractivity contribution in [3.8, 4) is 0 Å². The largest absolute Gasteiger partial charge is 0.480 e. The maximum absolute atomic E-state index is 12.2. The van der Waals surface area contributed by atoms with Gasteiger partial charge in [0.2, 0.25) is 0 Å². The molecule has 0 radical (unpaired) electrons. The van der Waals surface area contributed by atoms with E-state index in [1.165, 1.54) is 0 Å². The molecule has 0 unspecified atom stereocenters. The first-order valence-corrected chi connectivity index (χ1v) is 6.99. The molecule has 20 heavy (non-hydrogen) atoms. The minimum absolute atomic E-state index is 0.0405. The molecular formula is C13H26N4O3. The summed E-state index contributed by atoms with van der Waals surface area (Å²) < 4.78 is 0. The van der Waals surface area contributed by atoms with Crippen LogP contribution in [0.5, 0.6) is 0 Å². The van der Waals surface area contributed by atoms with E-state index in [2.05, 4.69) is 4.90 Å². The normalized spacial score (nSPS) is 16.5. The minimum Gasteiger partial charge on any atom is -0.480 e. The molecule has 1 heterocycles. The molecule has 1 aliphatic rings. The number of nitrogens with zero attached hydrogens (tertiary/aromatic N) is 4. The second kappa shape index (κ2) is 8.06. The lowest BCUT2D eigenvalue weighted by atomic mass is 10.3. The SMILES string of the molecule is CN(C)CCCN(C)C(=O)N1CCN(CC(=O)O)CC1. The predicted molar refractivity (Wildman–Crippen MR) is 76.8 cm³/mol. The predicted octanol–water partition coefficient (Wildman–Crippen LogP) is -0.308. The van der Waals surface area contributed by atoms with Crippen molar-refractivity contribution in [3.05, 3.63) is 0 Å². The highest BCUT2D eigenvalue weighted by Gasteiger charge is 2.24. The van der Waals surface area contributed by atoms with Gasteiger partial charge in [-0.05, 0) is 27.1 Å². The summed E-state index contributed by atoms with van der Waals surface area (Å²) in [5.41, 5.74) is 0. The van der Waals surface area contributed by atoms with Crippen LogP contribution in [-0.2, 0) is 4.79 Å². The Balaban J connectivity index is 2.29. The Hall–Kier alpha value is -1.34. The Morgan fingerprint density at radius 1 is 1.05 bits per heavy atom. The van der Waals surface area contributed by atoms with Crippen molar-refractivity contribution in [1.29, 1.82) is 0 Å². The van der Waals surface area contributed by atoms with Crippen LogP contribution in [0.3, 0.4) is 0 Å². The van der Waals surface area contributed by atoms with E-state index < -0.39 is 5.97 Å². The number of hydrogen-bond donors (Lipinski definition) is 1. The smallest absolute Gasteiger partial charge is 0.319 e. The quantitative estimate of drug-likeness (QED) is 0.725. The van der Waals surface area contributed by atoms with E-state index in [0.717, 1.165) is 19.5 Å². The topological polar surface area (TPSA) is 67.3 Å². The number of aliphatic carboxylic acids is 1. The molecule has 0 aromatic rings. The van der Waals surface area contributed by atoms with Gasteiger partial charge in [0.1, 0.15) is 0 Å². The molecule has 1 aliphatic heterocycles. The molecule has 0 aliphatic carbocycles. The van der Waals surface area contributed by atoms with E-state index in [-0.39, 0.29) is 12.6 Å². The van der Waals surface area contributed by atoms with Crippen LogP contribution >= 0.6 is 0 Å². The van der Waals surface area contributed by atoms with E-state index in [0.29, 0.717) is 26.2 Å². The Labute approximate surface area is 120 Å². The fourth-order valence-electron chi connectivity index (χ4n) is 2.25. The van der Waals surface area contributed by atoms with Crippen molar-refractivity contribution in [2.75, 3.05) is 67.0 Å². The first-order valence-electron chi connectivity index (χ1n) is 6.99. The Bertz CT molecular complexity index is 328. The highest BCUT2D eigenvalue weighted by atomic mass is 16.4. The third-order valence-corrected chi connectivity index (χ3v) is 3.43. The molecule has 0 spiro atoms. The molecule has 0 atom stereocenters. The summed E-state index contributed by atoms with van der Waals surface area (Å²) >= 11 is 0. The standard InChI is InChI=1S/C13H26N4O3/c1-14(2)5-4-6-15(3)13(20)17-9-7-16(8-10-17)11-12(18)19/h4-11H2,1-3H3,(H,18,19). The second-order valence-electron chi connectivity index (χ2n) is 5.52. The summed E-state index contributed by atoms with van der Waals surface area (Å²) in [5.74, 6) is -0.814. The van der Waals surface area contributed by atoms with Gasteiger partial charge in [-0.2, -0.15) is 0 Å². The number of carboxylic acid groups (broad SMARTS) is 1. The van der Waals surface area contributed by atoms with Crippen molar-refractivity contribution < 1.29 is 14.7 Å². The van der Waals surface area contributed by atoms with Gasteiger partial charge in [0.15, 0.2) is 0 Å². The van der Waals surface area contributed by atoms with E-state index in [1.807, 2.05) is 26.0 Å². The first-order chi connectivity index (χ1) is 9.40. The molecular weight excluding hydrogens is 260 g/mol. The Kier molecular flexibility index (Phi) is 6.74. The monoisotopic (exact) mass is 286 g/mol. The van der Waals surface area contributed by atoms with Gasteiger partial charge in [-0.15, -0.1) is 0 Å². The third kappa shape index (κ3) is 5.75. The van der Waals surface area contributed by atoms with Gasteiger partial charge in [-0.1, -0.05) is 0 Å². The van der Waals surface area contributed by atoms with E-state index in [1.54, 1.807) is 9.80 Å². The lowest BCUT2D eigenvalue weighted by Gasteiger charge is -2.36. The van der Waals surface area contributed by atoms with Crippen molar-refractivity contribution in [3.63, 3.8) is 0 Å². The summed E-state index contributed by atoms with van der Waals surface area (Å²) in [4.78, 5) is 30.3. The van der Waals surface area contributed by atoms with Crippen LogP contribution in [0.25, 0.3) is 0 Å². The maximum atomic E-state index is 12.2. The van der Waals surface area contributed by atoms with Crippen LogP contribution in [0.4, 0.5) is 4.79 Å². The minimum atomic E-state index is -0.814. The van der Waals surface area contributed by atoms with Crippen LogP contribution in [0, 0.1) is 0 Å². The van der Waals surface area contributed by atoms with Crippen LogP contribution < -0.4 is 0 Å². The zero-order valence-corrected chi connectivity index (χ0v) is 12.7. The molecule has 0 bridgehead atoms. The number of carbonyl (C=O) groups excluding carboxylic acids is 1. The molecule has 1 saturated heterocycles. The third-order valence-electron chi connectivity index (χ3n) is 3.43. The number of amides is 2. The molecule has 0 aromatic carbocycles. The molecule has 0 saturated carbocycles. The summed E-state index contributed by atoms with van der Waals surface area (Å²) in [7, 11) is 5.86. The molecule has 116 valence electrons. The first kappa shape index (κ1) is 16.7. The van der Waals surface area contributed by atoms with Gasteiger partial charge in [0, 0.05) is 39.8 Å². The van der Waals surface area contributed by atoms with Gasteiger partial charge in [-0.3, -0.25) is 9.69 Å². The fourth-order valence-corrected chi connectivity index (χ4v) is 2.25. The lowest BCUT2D eigenvalue weighted by molar-refractivity contribution is -0.138. The molecule has 2 amide bonds. The Morgan fingerprint density at radius 2 is 1.65 bits per heavy atom. The van der Waals surface area contributed by atoms with E-state index >= 15 is 0 Å². The molecule has 0 aromatic heterocycles. The van der Waals surface area contributed by atoms with Crippen LogP contribution in [-0.4, -0.2) is 104 Å². The highest BCUT2D eigenvalue weighted by Crippen LogP contribution is 2.05. The van der Waals surface area contributed by atoms with Crippen LogP contribution in [0.1, 0.15) is 6.42 Å². The van der Waals surface area contributed by atoms with Crippen LogP contribution in [0.15, 0.2) is 0 Å². The second-order valence-corrected chi connectivity index (χ2v) is 5.52. The summed E-state index contributed by atoms with van der Waals surface area (Å²) in [5, 5.41) is 8.74. The summed E-state index contributed by atoms with van der Waals surface area (Å²) in [6.07, 6.45) is 0.953. The average molecular weight is 286 g/mol. The molecule has 1 rings (SSSR count). The van der Waals surface area contributed by atoms with E-state index in [4.69, 9.17) is 5.11 Å². The number of piperazine rings is 1. The van der Waals surface area contributed by atoms with E-state index in [9.17, 15) is 9.59 Å². The molecule has 1 fully saturated rings. The summed E-state index contributed by atoms with van der Waals surface area (Å²) in [6, 6.07) is 0.0405. The van der Waals surface area contributed by atoms with Gasteiger partial charge in [0.05, 0.1) is 6.54 Å². The van der Waals surface area contributed by atoms with Gasteiger partial charge < -0.3 is 19.8 Å². The Morgan fingerprint density at radius 3 is 2.15 bits per heavy atom. The van der Waals surface area contributed by atoms with Crippen LogP contribution in [0.2, 0.25) is 0 Å².